The second kappa shape index (κ2) is 16.2. The van der Waals surface area contributed by atoms with Crippen molar-refractivity contribution in [3.8, 4) is 0 Å². The molecule has 7 rings (SSSR count). The average molecular weight is 713 g/mol. The minimum absolute atomic E-state index is 0. The number of hydrogen-bond acceptors (Lipinski definition) is 0. The molecule has 0 nitrogen and oxygen atoms in total. The molecule has 7 aromatic carbocycles. The summed E-state index contributed by atoms with van der Waals surface area (Å²) >= 11 is 0. The van der Waals surface area contributed by atoms with Gasteiger partial charge in [-0.05, 0) is 41.8 Å². The van der Waals surface area contributed by atoms with Gasteiger partial charge in [-0.15, -0.1) is 78.6 Å². The quantitative estimate of drug-likeness (QED) is 0.0948. The van der Waals surface area contributed by atoms with Gasteiger partial charge in [-0.25, -0.2) is 0 Å². The van der Waals surface area contributed by atoms with Crippen LogP contribution in [0.25, 0.3) is 21.5 Å². The third-order valence-electron chi connectivity index (χ3n) is 7.03. The molecule has 0 heterocycles. The first kappa shape index (κ1) is 30.6. The Morgan fingerprint density at radius 1 is 0.561 bits per heavy atom. The monoisotopic (exact) mass is 714 g/mol. The van der Waals surface area contributed by atoms with Crippen LogP contribution in [-0.4, -0.2) is 0 Å². The van der Waals surface area contributed by atoms with E-state index >= 15 is 0 Å². The van der Waals surface area contributed by atoms with Gasteiger partial charge in [0, 0.05) is 25.8 Å². The Balaban J connectivity index is 0.000000146. The van der Waals surface area contributed by atoms with Gasteiger partial charge < -0.3 is 0 Å². The number of hydrogen-bond donors (Lipinski definition) is 0. The molecule has 0 saturated heterocycles. The zero-order valence-corrected chi connectivity index (χ0v) is 28.1. The second-order valence-corrected chi connectivity index (χ2v) is 11.2. The van der Waals surface area contributed by atoms with E-state index < -0.39 is 0 Å². The molecule has 1 atom stereocenters. The van der Waals surface area contributed by atoms with Crippen LogP contribution >= 0.6 is 8.58 Å². The van der Waals surface area contributed by atoms with Crippen LogP contribution in [0.2, 0.25) is 0 Å². The molecule has 0 fully saturated rings. The number of fused-ring (bicyclic) bond motifs is 2. The minimum atomic E-state index is 0. The van der Waals surface area contributed by atoms with Crippen LogP contribution in [0.4, 0.5) is 0 Å². The zero-order chi connectivity index (χ0) is 27.4. The van der Waals surface area contributed by atoms with Crippen LogP contribution < -0.4 is 10.6 Å². The molecular formula is C39H35HfP-2. The number of rotatable bonds is 5. The first-order valence-electron chi connectivity index (χ1n) is 13.9. The average Bonchev–Trinajstić information content (AvgIpc) is 3.67. The Labute approximate surface area is 265 Å². The summed E-state index contributed by atoms with van der Waals surface area (Å²) in [5, 5.41) is 8.31. The predicted octanol–water partition coefficient (Wildman–Crippen LogP) is 9.52. The maximum Gasteiger partial charge on any atom is 0 e. The van der Waals surface area contributed by atoms with Crippen molar-refractivity contribution < 1.29 is 25.8 Å². The van der Waals surface area contributed by atoms with Gasteiger partial charge in [0.05, 0.1) is 0 Å². The third-order valence-corrected chi connectivity index (χ3v) is 8.57. The van der Waals surface area contributed by atoms with E-state index in [1.165, 1.54) is 48.8 Å². The van der Waals surface area contributed by atoms with E-state index in [1.807, 2.05) is 0 Å². The molecule has 0 bridgehead atoms. The van der Waals surface area contributed by atoms with Crippen molar-refractivity contribution in [2.45, 2.75) is 19.8 Å². The van der Waals surface area contributed by atoms with Crippen molar-refractivity contribution in [3.63, 3.8) is 0 Å². The van der Waals surface area contributed by atoms with Crippen molar-refractivity contribution in [1.82, 2.24) is 0 Å². The maximum atomic E-state index is 2.26. The van der Waals surface area contributed by atoms with Gasteiger partial charge >= 0.3 is 0 Å². The Morgan fingerprint density at radius 2 is 1.12 bits per heavy atom. The maximum absolute atomic E-state index is 2.26. The van der Waals surface area contributed by atoms with Gasteiger partial charge in [0.15, 0.2) is 0 Å². The van der Waals surface area contributed by atoms with Crippen LogP contribution in [0.5, 0.6) is 0 Å². The standard InChI is InChI=1S/C16H14P.C14H14.C9H7.Hf/c1-12-6-2-5-9-15(12)17-16-11-10-13-7-3-4-8-14(13)16;1-3-7-13(8-4-1)11-12-14-9-5-2-6-10-14;1-2-5-9-7-3-6-8(9)4-1;/h2-11,17H,1H3;1-10H,11-12H2;1-7H;/q-1;;-1;. The molecule has 0 saturated carbocycles. The summed E-state index contributed by atoms with van der Waals surface area (Å²) in [7, 11) is 0.754. The number of benzene rings is 5. The Kier molecular flexibility index (Phi) is 12.1. The fraction of sp³-hybridized carbons (Fsp3) is 0.0769. The molecule has 7 aromatic rings. The Bertz CT molecular complexity index is 1660. The normalized spacial score (nSPS) is 10.5. The molecule has 1 unspecified atom stereocenters. The van der Waals surface area contributed by atoms with Crippen molar-refractivity contribution in [2.75, 3.05) is 0 Å². The second-order valence-electron chi connectivity index (χ2n) is 9.90. The molecule has 41 heavy (non-hydrogen) atoms. The Morgan fingerprint density at radius 3 is 1.78 bits per heavy atom. The first-order chi connectivity index (χ1) is 19.8. The van der Waals surface area contributed by atoms with Gasteiger partial charge in [0.25, 0.3) is 0 Å². The van der Waals surface area contributed by atoms with E-state index in [2.05, 4.69) is 171 Å². The molecule has 2 heteroatoms. The van der Waals surface area contributed by atoms with Crippen molar-refractivity contribution in [2.24, 2.45) is 0 Å². The van der Waals surface area contributed by atoms with E-state index in [0.717, 1.165) is 21.4 Å². The molecule has 202 valence electrons. The topological polar surface area (TPSA) is 0 Å². The van der Waals surface area contributed by atoms with Crippen LogP contribution in [0.15, 0.2) is 164 Å². The fourth-order valence-electron chi connectivity index (χ4n) is 4.77. The number of aryl methyl sites for hydroxylation is 3. The van der Waals surface area contributed by atoms with Crippen LogP contribution in [-0.2, 0) is 38.7 Å². The summed E-state index contributed by atoms with van der Waals surface area (Å²) in [5.74, 6) is 0. The van der Waals surface area contributed by atoms with E-state index in [0.29, 0.717) is 0 Å². The summed E-state index contributed by atoms with van der Waals surface area (Å²) < 4.78 is 0. The molecule has 0 aliphatic rings. The first-order valence-corrected chi connectivity index (χ1v) is 14.9. The van der Waals surface area contributed by atoms with Gasteiger partial charge in [0.2, 0.25) is 0 Å². The summed E-state index contributed by atoms with van der Waals surface area (Å²) in [5.41, 5.74) is 4.21. The van der Waals surface area contributed by atoms with E-state index in [-0.39, 0.29) is 25.8 Å². The Hall–Kier alpha value is -3.38. The van der Waals surface area contributed by atoms with Gasteiger partial charge in [-0.1, -0.05) is 97.1 Å². The predicted molar refractivity (Wildman–Crippen MR) is 178 cm³/mol. The fourth-order valence-corrected chi connectivity index (χ4v) is 6.04. The molecule has 0 radical (unpaired) electrons. The van der Waals surface area contributed by atoms with Gasteiger partial charge in [-0.2, -0.15) is 23.6 Å². The molecule has 0 spiro atoms. The molecular weight excluding hydrogens is 678 g/mol. The molecule has 0 aliphatic carbocycles. The summed E-state index contributed by atoms with van der Waals surface area (Å²) in [6.07, 6.45) is 2.26. The smallest absolute Gasteiger partial charge is 0 e. The van der Waals surface area contributed by atoms with E-state index in [9.17, 15) is 0 Å². The van der Waals surface area contributed by atoms with Gasteiger partial charge in [-0.3, -0.25) is 0 Å². The van der Waals surface area contributed by atoms with Crippen LogP contribution in [0, 0.1) is 6.92 Å². The van der Waals surface area contributed by atoms with Crippen LogP contribution in [0.1, 0.15) is 16.7 Å². The molecule has 0 amide bonds. The SMILES string of the molecule is Cc1ccccc1P[c-]1ccc2ccccc21.[Hf].c1ccc(CCc2ccccc2)cc1.c1ccc2[cH-]ccc2c1. The third kappa shape index (κ3) is 9.06. The summed E-state index contributed by atoms with van der Waals surface area (Å²) in [4.78, 5) is 0. The van der Waals surface area contributed by atoms with Crippen molar-refractivity contribution in [1.29, 1.82) is 0 Å². The largest absolute Gasteiger partial charge is 0.168 e. The summed E-state index contributed by atoms with van der Waals surface area (Å²) in [6.45, 7) is 2.19. The van der Waals surface area contributed by atoms with Crippen LogP contribution in [0.3, 0.4) is 0 Å². The molecule has 0 aromatic heterocycles. The van der Waals surface area contributed by atoms with E-state index in [1.54, 1.807) is 0 Å². The zero-order valence-electron chi connectivity index (χ0n) is 23.5. The van der Waals surface area contributed by atoms with Crippen molar-refractivity contribution in [3.05, 3.63) is 180 Å². The molecule has 0 aliphatic heterocycles. The summed E-state index contributed by atoms with van der Waals surface area (Å²) in [6, 6.07) is 57.7. The van der Waals surface area contributed by atoms with Crippen molar-refractivity contribution >= 4 is 40.7 Å². The minimum Gasteiger partial charge on any atom is -0.168 e. The molecule has 0 N–H and O–H groups in total. The van der Waals surface area contributed by atoms with Gasteiger partial charge in [0.1, 0.15) is 0 Å². The van der Waals surface area contributed by atoms with E-state index in [4.69, 9.17) is 0 Å².